The fraction of sp³-hybridized carbons (Fsp3) is 0.333. The number of esters is 1. The number of aryl methyl sites for hydroxylation is 1. The molecule has 2 aromatic carbocycles. The van der Waals surface area contributed by atoms with Gasteiger partial charge in [-0.3, -0.25) is 4.90 Å². The van der Waals surface area contributed by atoms with Crippen molar-refractivity contribution in [2.45, 2.75) is 25.4 Å². The number of benzene rings is 2. The number of carbonyl (C=O) groups excluding carboxylic acids is 1. The number of hydrogen-bond donors (Lipinski definition) is 1. The van der Waals surface area contributed by atoms with Gasteiger partial charge in [0.15, 0.2) is 0 Å². The first-order valence-electron chi connectivity index (χ1n) is 10.6. The van der Waals surface area contributed by atoms with E-state index in [9.17, 15) is 9.18 Å². The maximum atomic E-state index is 14.7. The molecule has 1 aliphatic heterocycles. The van der Waals surface area contributed by atoms with Gasteiger partial charge in [0.2, 0.25) is 0 Å². The van der Waals surface area contributed by atoms with E-state index in [0.29, 0.717) is 36.5 Å². The molecule has 1 saturated heterocycles. The Bertz CT molecular complexity index is 1280. The van der Waals surface area contributed by atoms with E-state index in [2.05, 4.69) is 37.8 Å². The fourth-order valence-corrected chi connectivity index (χ4v) is 4.45. The molecule has 4 aromatic rings. The van der Waals surface area contributed by atoms with Crippen LogP contribution in [0.1, 0.15) is 21.7 Å². The highest BCUT2D eigenvalue weighted by atomic mass is 19.1. The monoisotopic (exact) mass is 436 g/mol. The second-order valence-corrected chi connectivity index (χ2v) is 8.25. The summed E-state index contributed by atoms with van der Waals surface area (Å²) in [7, 11) is 3.37. The summed E-state index contributed by atoms with van der Waals surface area (Å²) in [6.07, 6.45) is 0.549. The Morgan fingerprint density at radius 2 is 2.09 bits per heavy atom. The molecule has 1 N–H and O–H groups in total. The number of fused-ring (bicyclic) bond motifs is 2. The molecule has 3 heterocycles. The molecule has 0 bridgehead atoms. The lowest BCUT2D eigenvalue weighted by Gasteiger charge is -2.15. The van der Waals surface area contributed by atoms with Gasteiger partial charge in [-0.15, -0.1) is 0 Å². The number of para-hydroxylation sites is 1. The molecule has 2 atom stereocenters. The molecule has 5 rings (SSSR count). The van der Waals surface area contributed by atoms with Crippen LogP contribution in [-0.2, 0) is 29.7 Å². The molecule has 0 radical (unpaired) electrons. The van der Waals surface area contributed by atoms with Gasteiger partial charge in [-0.1, -0.05) is 18.2 Å². The minimum Gasteiger partial charge on any atom is -0.465 e. The molecule has 8 heteroatoms. The zero-order valence-corrected chi connectivity index (χ0v) is 18.0. The van der Waals surface area contributed by atoms with Crippen LogP contribution in [0, 0.1) is 0 Å². The fourth-order valence-electron chi connectivity index (χ4n) is 4.45. The number of ether oxygens (including phenoxy) is 2. The molecule has 2 aromatic heterocycles. The van der Waals surface area contributed by atoms with Gasteiger partial charge in [0.1, 0.15) is 24.7 Å². The number of H-pyrrole nitrogens is 1. The molecular formula is C24H25FN4O3. The van der Waals surface area contributed by atoms with E-state index in [-0.39, 0.29) is 6.61 Å². The zero-order chi connectivity index (χ0) is 22.2. The van der Waals surface area contributed by atoms with E-state index in [1.807, 2.05) is 19.2 Å². The van der Waals surface area contributed by atoms with Crippen molar-refractivity contribution < 1.29 is 18.7 Å². The summed E-state index contributed by atoms with van der Waals surface area (Å²) in [5, 5.41) is 1.20. The van der Waals surface area contributed by atoms with Crippen LogP contribution in [-0.4, -0.2) is 57.9 Å². The van der Waals surface area contributed by atoms with Crippen LogP contribution in [0.4, 0.5) is 4.39 Å². The third-order valence-corrected chi connectivity index (χ3v) is 6.03. The Morgan fingerprint density at radius 1 is 1.25 bits per heavy atom. The lowest BCUT2D eigenvalue weighted by Crippen LogP contribution is -2.24. The Labute approximate surface area is 184 Å². The number of hydrogen-bond acceptors (Lipinski definition) is 5. The lowest BCUT2D eigenvalue weighted by molar-refractivity contribution is 0.00864. The van der Waals surface area contributed by atoms with Crippen molar-refractivity contribution in [1.82, 2.24) is 19.4 Å². The van der Waals surface area contributed by atoms with E-state index >= 15 is 0 Å². The van der Waals surface area contributed by atoms with E-state index in [4.69, 9.17) is 9.47 Å². The van der Waals surface area contributed by atoms with Crippen molar-refractivity contribution in [2.24, 2.45) is 7.05 Å². The van der Waals surface area contributed by atoms with Crippen molar-refractivity contribution in [3.8, 4) is 0 Å². The number of aromatic nitrogens is 3. The van der Waals surface area contributed by atoms with Gasteiger partial charge in [-0.05, 0) is 29.8 Å². The minimum atomic E-state index is -1.06. The van der Waals surface area contributed by atoms with Crippen LogP contribution in [0.5, 0.6) is 0 Å². The first-order chi connectivity index (χ1) is 15.5. The predicted molar refractivity (Wildman–Crippen MR) is 119 cm³/mol. The highest BCUT2D eigenvalue weighted by Gasteiger charge is 2.34. The first-order valence-corrected chi connectivity index (χ1v) is 10.6. The van der Waals surface area contributed by atoms with E-state index < -0.39 is 18.2 Å². The first kappa shape index (κ1) is 20.7. The number of methoxy groups -OCH3 is 1. The summed E-state index contributed by atoms with van der Waals surface area (Å²) in [5.41, 5.74) is 4.24. The van der Waals surface area contributed by atoms with Gasteiger partial charge in [-0.2, -0.15) is 0 Å². The van der Waals surface area contributed by atoms with Gasteiger partial charge in [0, 0.05) is 43.8 Å². The van der Waals surface area contributed by atoms with Crippen LogP contribution < -0.4 is 0 Å². The van der Waals surface area contributed by atoms with Crippen molar-refractivity contribution in [2.75, 3.05) is 20.2 Å². The van der Waals surface area contributed by atoms with Crippen LogP contribution in [0.25, 0.3) is 21.9 Å². The van der Waals surface area contributed by atoms with Gasteiger partial charge < -0.3 is 19.0 Å². The van der Waals surface area contributed by atoms with Crippen LogP contribution in [0.15, 0.2) is 48.7 Å². The number of imidazole rings is 1. The summed E-state index contributed by atoms with van der Waals surface area (Å²) in [6.45, 7) is 1.73. The second kappa shape index (κ2) is 8.37. The average molecular weight is 436 g/mol. The van der Waals surface area contributed by atoms with Crippen molar-refractivity contribution in [3.63, 3.8) is 0 Å². The highest BCUT2D eigenvalue weighted by molar-refractivity contribution is 5.93. The number of rotatable bonds is 6. The summed E-state index contributed by atoms with van der Waals surface area (Å²) < 4.78 is 27.4. The molecule has 166 valence electrons. The SMILES string of the molecule is COC(=O)c1ccc2nc(COC3CN(Cc4cn(C)c5ccccc45)CC3F)[nH]c2c1. The topological polar surface area (TPSA) is 72.4 Å². The number of nitrogens with zero attached hydrogens (tertiary/aromatic N) is 3. The third-order valence-electron chi connectivity index (χ3n) is 6.03. The van der Waals surface area contributed by atoms with Gasteiger partial charge in [0.05, 0.1) is 23.7 Å². The summed E-state index contributed by atoms with van der Waals surface area (Å²) in [4.78, 5) is 21.4. The lowest BCUT2D eigenvalue weighted by atomic mass is 10.1. The second-order valence-electron chi connectivity index (χ2n) is 8.25. The number of aromatic amines is 1. The molecule has 2 unspecified atom stereocenters. The van der Waals surface area contributed by atoms with Crippen LogP contribution in [0.2, 0.25) is 0 Å². The predicted octanol–water partition coefficient (Wildman–Crippen LogP) is 3.58. The van der Waals surface area contributed by atoms with Crippen LogP contribution in [0.3, 0.4) is 0 Å². The van der Waals surface area contributed by atoms with Gasteiger partial charge in [-0.25, -0.2) is 14.2 Å². The largest absolute Gasteiger partial charge is 0.465 e. The maximum Gasteiger partial charge on any atom is 0.337 e. The molecular weight excluding hydrogens is 411 g/mol. The zero-order valence-electron chi connectivity index (χ0n) is 18.0. The number of likely N-dealkylation sites (tertiary alicyclic amines) is 1. The Balaban J connectivity index is 1.23. The van der Waals surface area contributed by atoms with Gasteiger partial charge in [0.25, 0.3) is 0 Å². The normalized spacial score (nSPS) is 19.2. The quantitative estimate of drug-likeness (QED) is 0.468. The molecule has 32 heavy (non-hydrogen) atoms. The highest BCUT2D eigenvalue weighted by Crippen LogP contribution is 2.25. The smallest absolute Gasteiger partial charge is 0.337 e. The average Bonchev–Trinajstić information content (AvgIpc) is 3.46. The maximum absolute atomic E-state index is 14.7. The van der Waals surface area contributed by atoms with E-state index in [0.717, 1.165) is 5.52 Å². The summed E-state index contributed by atoms with van der Waals surface area (Å²) in [5.74, 6) is 0.193. The van der Waals surface area contributed by atoms with E-state index in [1.54, 1.807) is 18.2 Å². The number of nitrogens with one attached hydrogen (secondary N) is 1. The van der Waals surface area contributed by atoms with Crippen molar-refractivity contribution in [3.05, 3.63) is 65.6 Å². The molecule has 0 aliphatic carbocycles. The van der Waals surface area contributed by atoms with Crippen molar-refractivity contribution in [1.29, 1.82) is 0 Å². The summed E-state index contributed by atoms with van der Waals surface area (Å²) in [6, 6.07) is 13.4. The number of carbonyl (C=O) groups is 1. The minimum absolute atomic E-state index is 0.176. The molecule has 0 spiro atoms. The Hall–Kier alpha value is -3.23. The molecule has 0 amide bonds. The Morgan fingerprint density at radius 3 is 2.94 bits per heavy atom. The van der Waals surface area contributed by atoms with Gasteiger partial charge >= 0.3 is 5.97 Å². The molecule has 1 aliphatic rings. The standard InChI is InChI=1S/C24H25FN4O3/c1-28-10-16(17-5-3-4-6-21(17)28)11-29-12-18(25)22(13-29)32-14-23-26-19-8-7-15(24(30)31-2)9-20(19)27-23/h3-10,18,22H,11-14H2,1-2H3,(H,26,27). The van der Waals surface area contributed by atoms with Crippen LogP contribution >= 0.6 is 0 Å². The molecule has 1 fully saturated rings. The number of halogens is 1. The van der Waals surface area contributed by atoms with E-state index in [1.165, 1.54) is 23.6 Å². The summed E-state index contributed by atoms with van der Waals surface area (Å²) >= 11 is 0. The Kier molecular flexibility index (Phi) is 5.40. The number of alkyl halides is 1. The van der Waals surface area contributed by atoms with Crippen molar-refractivity contribution >= 4 is 27.9 Å². The molecule has 0 saturated carbocycles. The molecule has 7 nitrogen and oxygen atoms in total. The third kappa shape index (κ3) is 3.87.